The highest BCUT2D eigenvalue weighted by Crippen LogP contribution is 2.21. The van der Waals surface area contributed by atoms with E-state index >= 15 is 0 Å². The molecule has 1 aromatic heterocycles. The smallest absolute Gasteiger partial charge is 0.177 e. The monoisotopic (exact) mass is 324 g/mol. The van der Waals surface area contributed by atoms with Crippen LogP contribution >= 0.6 is 11.8 Å². The molecular formula is C14H13FN2O2S2. The van der Waals surface area contributed by atoms with Crippen molar-refractivity contribution >= 4 is 32.3 Å². The molecule has 0 saturated carbocycles. The maximum atomic E-state index is 13.6. The molecule has 2 rings (SSSR count). The Balaban J connectivity index is 2.41. The first-order valence-corrected chi connectivity index (χ1v) is 9.07. The third kappa shape index (κ3) is 3.89. The number of benzene rings is 1. The first kappa shape index (κ1) is 15.7. The number of para-hydroxylation sites is 1. The lowest BCUT2D eigenvalue weighted by Crippen LogP contribution is -2.02. The van der Waals surface area contributed by atoms with E-state index in [0.29, 0.717) is 10.7 Å². The van der Waals surface area contributed by atoms with Crippen molar-refractivity contribution in [1.29, 1.82) is 0 Å². The van der Waals surface area contributed by atoms with Gasteiger partial charge in [0.15, 0.2) is 9.84 Å². The number of rotatable bonds is 3. The zero-order chi connectivity index (χ0) is 15.5. The molecule has 0 amide bonds. The molecule has 1 heterocycles. The largest absolute Gasteiger partial charge is 0.253 e. The van der Waals surface area contributed by atoms with Crippen LogP contribution in [0.4, 0.5) is 10.1 Å². The number of hydrogen-bond acceptors (Lipinski definition) is 5. The van der Waals surface area contributed by atoms with Crippen molar-refractivity contribution < 1.29 is 12.8 Å². The van der Waals surface area contributed by atoms with E-state index in [0.717, 1.165) is 6.26 Å². The maximum Gasteiger partial charge on any atom is 0.177 e. The molecule has 0 N–H and O–H groups in total. The van der Waals surface area contributed by atoms with E-state index in [9.17, 15) is 12.8 Å². The molecule has 110 valence electrons. The Kier molecular flexibility index (Phi) is 4.74. The van der Waals surface area contributed by atoms with E-state index in [2.05, 4.69) is 9.98 Å². The number of aliphatic imine (C=N–C) groups is 1. The van der Waals surface area contributed by atoms with Gasteiger partial charge >= 0.3 is 0 Å². The Labute approximate surface area is 127 Å². The molecule has 0 radical (unpaired) electrons. The molecule has 0 aliphatic rings. The minimum atomic E-state index is -3.29. The molecule has 21 heavy (non-hydrogen) atoms. The molecule has 4 nitrogen and oxygen atoms in total. The molecule has 0 saturated heterocycles. The quantitative estimate of drug-likeness (QED) is 0.643. The van der Waals surface area contributed by atoms with Crippen molar-refractivity contribution in [3.63, 3.8) is 0 Å². The average Bonchev–Trinajstić information content (AvgIpc) is 2.46. The van der Waals surface area contributed by atoms with Crippen LogP contribution in [0.3, 0.4) is 0 Å². The minimum Gasteiger partial charge on any atom is -0.253 e. The van der Waals surface area contributed by atoms with Crippen molar-refractivity contribution in [2.24, 2.45) is 4.99 Å². The summed E-state index contributed by atoms with van der Waals surface area (Å²) in [6.07, 6.45) is 4.19. The summed E-state index contributed by atoms with van der Waals surface area (Å²) in [5, 5.41) is 0.514. The normalized spacial score (nSPS) is 12.4. The predicted octanol–water partition coefficient (Wildman–Crippen LogP) is 3.07. The maximum absolute atomic E-state index is 13.6. The van der Waals surface area contributed by atoms with Gasteiger partial charge in [0.25, 0.3) is 0 Å². The second-order valence-corrected chi connectivity index (χ2v) is 7.03. The lowest BCUT2D eigenvalue weighted by molar-refractivity contribution is 0.601. The molecular weight excluding hydrogens is 311 g/mol. The summed E-state index contributed by atoms with van der Waals surface area (Å²) in [4.78, 5) is 8.46. The van der Waals surface area contributed by atoms with Crippen molar-refractivity contribution in [2.75, 3.05) is 12.5 Å². The zero-order valence-corrected chi connectivity index (χ0v) is 13.1. The van der Waals surface area contributed by atoms with Gasteiger partial charge in [-0.1, -0.05) is 12.1 Å². The zero-order valence-electron chi connectivity index (χ0n) is 11.4. The Hall–Kier alpha value is -1.73. The summed E-state index contributed by atoms with van der Waals surface area (Å²) < 4.78 is 36.4. The van der Waals surface area contributed by atoms with Gasteiger partial charge in [-0.25, -0.2) is 17.8 Å². The summed E-state index contributed by atoms with van der Waals surface area (Å²) in [6, 6.07) is 9.21. The SMILES string of the molecule is CSC(=Nc1ccccc1F)c1ccc(S(C)(=O)=O)cn1. The number of halogens is 1. The number of hydrogen-bond donors (Lipinski definition) is 0. The fourth-order valence-electron chi connectivity index (χ4n) is 1.59. The molecule has 0 aliphatic heterocycles. The van der Waals surface area contributed by atoms with E-state index < -0.39 is 15.7 Å². The van der Waals surface area contributed by atoms with Crippen LogP contribution in [0.1, 0.15) is 5.69 Å². The van der Waals surface area contributed by atoms with Crippen LogP contribution in [0.15, 0.2) is 52.5 Å². The van der Waals surface area contributed by atoms with E-state index in [-0.39, 0.29) is 10.6 Å². The fraction of sp³-hybridized carbons (Fsp3) is 0.143. The van der Waals surface area contributed by atoms with Gasteiger partial charge < -0.3 is 0 Å². The highest BCUT2D eigenvalue weighted by Gasteiger charge is 2.10. The lowest BCUT2D eigenvalue weighted by atomic mass is 10.3. The summed E-state index contributed by atoms with van der Waals surface area (Å²) in [6.45, 7) is 0. The van der Waals surface area contributed by atoms with Crippen LogP contribution in [0, 0.1) is 5.82 Å². The van der Waals surface area contributed by atoms with Crippen molar-refractivity contribution in [2.45, 2.75) is 4.90 Å². The second kappa shape index (κ2) is 6.36. The third-order valence-electron chi connectivity index (χ3n) is 2.65. The highest BCUT2D eigenvalue weighted by atomic mass is 32.2. The van der Waals surface area contributed by atoms with Gasteiger partial charge in [0, 0.05) is 12.5 Å². The van der Waals surface area contributed by atoms with Gasteiger partial charge in [0.1, 0.15) is 16.5 Å². The molecule has 1 aromatic carbocycles. The summed E-state index contributed by atoms with van der Waals surface area (Å²) in [5.74, 6) is -0.420. The van der Waals surface area contributed by atoms with Crippen LogP contribution in [-0.4, -0.2) is 31.0 Å². The fourth-order valence-corrected chi connectivity index (χ4v) is 2.66. The van der Waals surface area contributed by atoms with Crippen LogP contribution < -0.4 is 0 Å². The number of sulfone groups is 1. The molecule has 0 spiro atoms. The molecule has 0 aliphatic carbocycles. The second-order valence-electron chi connectivity index (χ2n) is 4.22. The van der Waals surface area contributed by atoms with Gasteiger partial charge in [-0.3, -0.25) is 4.98 Å². The topological polar surface area (TPSA) is 59.4 Å². The van der Waals surface area contributed by atoms with Crippen LogP contribution in [-0.2, 0) is 9.84 Å². The number of pyridine rings is 1. The number of aromatic nitrogens is 1. The Morgan fingerprint density at radius 2 is 1.95 bits per heavy atom. The van der Waals surface area contributed by atoms with Gasteiger partial charge in [-0.2, -0.15) is 0 Å². The molecule has 0 unspecified atom stereocenters. The van der Waals surface area contributed by atoms with Crippen molar-refractivity contribution in [3.8, 4) is 0 Å². The Morgan fingerprint density at radius 3 is 2.48 bits per heavy atom. The van der Waals surface area contributed by atoms with Crippen molar-refractivity contribution in [3.05, 3.63) is 54.1 Å². The summed E-state index contributed by atoms with van der Waals surface area (Å²) in [7, 11) is -3.29. The Bertz CT molecular complexity index is 772. The van der Waals surface area contributed by atoms with Crippen LogP contribution in [0.5, 0.6) is 0 Å². The first-order chi connectivity index (χ1) is 9.91. The third-order valence-corrected chi connectivity index (χ3v) is 4.44. The van der Waals surface area contributed by atoms with Gasteiger partial charge in [0.05, 0.1) is 10.6 Å². The predicted molar refractivity (Wildman–Crippen MR) is 83.5 cm³/mol. The average molecular weight is 324 g/mol. The van der Waals surface area contributed by atoms with E-state index in [1.165, 1.54) is 30.1 Å². The molecule has 7 heteroatoms. The highest BCUT2D eigenvalue weighted by molar-refractivity contribution is 8.13. The molecule has 0 bridgehead atoms. The summed E-state index contributed by atoms with van der Waals surface area (Å²) in [5.41, 5.74) is 0.717. The standard InChI is InChI=1S/C14H13FN2O2S2/c1-20-14(17-12-6-4-3-5-11(12)15)13-8-7-10(9-16-13)21(2,18)19/h3-9H,1-2H3. The van der Waals surface area contributed by atoms with E-state index in [1.807, 2.05) is 0 Å². The summed E-state index contributed by atoms with van der Waals surface area (Å²) >= 11 is 1.31. The molecule has 2 aromatic rings. The van der Waals surface area contributed by atoms with Gasteiger partial charge in [0.2, 0.25) is 0 Å². The van der Waals surface area contributed by atoms with Crippen LogP contribution in [0.25, 0.3) is 0 Å². The van der Waals surface area contributed by atoms with Crippen LogP contribution in [0.2, 0.25) is 0 Å². The lowest BCUT2D eigenvalue weighted by Gasteiger charge is -2.04. The van der Waals surface area contributed by atoms with Gasteiger partial charge in [-0.05, 0) is 30.5 Å². The minimum absolute atomic E-state index is 0.137. The first-order valence-electron chi connectivity index (χ1n) is 5.95. The van der Waals surface area contributed by atoms with Crippen molar-refractivity contribution in [1.82, 2.24) is 4.98 Å². The molecule has 0 fully saturated rings. The van der Waals surface area contributed by atoms with E-state index in [1.54, 1.807) is 30.5 Å². The van der Waals surface area contributed by atoms with Gasteiger partial charge in [-0.15, -0.1) is 11.8 Å². The molecule has 0 atom stereocenters. The number of thioether (sulfide) groups is 1. The number of nitrogens with zero attached hydrogens (tertiary/aromatic N) is 2. The van der Waals surface area contributed by atoms with E-state index in [4.69, 9.17) is 0 Å². The Morgan fingerprint density at radius 1 is 1.24 bits per heavy atom.